The molecule has 0 unspecified atom stereocenters. The molecule has 0 saturated heterocycles. The summed E-state index contributed by atoms with van der Waals surface area (Å²) in [6.45, 7) is 0. The van der Waals surface area contributed by atoms with Gasteiger partial charge in [-0.05, 0) is 42.5 Å². The van der Waals surface area contributed by atoms with E-state index >= 15 is 0 Å². The van der Waals surface area contributed by atoms with Crippen molar-refractivity contribution in [1.82, 2.24) is 0 Å². The third kappa shape index (κ3) is 2.08. The molecule has 2 rings (SSSR count). The fourth-order valence-electron chi connectivity index (χ4n) is 2.06. The van der Waals surface area contributed by atoms with Crippen LogP contribution in [0.2, 0.25) is 5.02 Å². The first-order valence-corrected chi connectivity index (χ1v) is 5.89. The average Bonchev–Trinajstić information content (AvgIpc) is 2.61. The molecule has 2 heteroatoms. The molecule has 0 N–H and O–H groups in total. The predicted molar refractivity (Wildman–Crippen MR) is 60.4 cm³/mol. The first kappa shape index (κ1) is 9.54. The van der Waals surface area contributed by atoms with Gasteiger partial charge in [0.2, 0.25) is 0 Å². The van der Waals surface area contributed by atoms with Gasteiger partial charge in [0.05, 0.1) is 0 Å². The van der Waals surface area contributed by atoms with E-state index in [9.17, 15) is 0 Å². The van der Waals surface area contributed by atoms with Crippen LogP contribution < -0.4 is 0 Å². The molecule has 0 spiro atoms. The average molecular weight is 260 g/mol. The van der Waals surface area contributed by atoms with Crippen molar-refractivity contribution in [2.75, 3.05) is 0 Å². The topological polar surface area (TPSA) is 0 Å². The van der Waals surface area contributed by atoms with E-state index in [1.165, 1.54) is 35.7 Å². The molecule has 0 aliphatic heterocycles. The van der Waals surface area contributed by atoms with Gasteiger partial charge in [0.15, 0.2) is 0 Å². The molecule has 0 bridgehead atoms. The Hall–Kier alpha value is -0.0100. The van der Waals surface area contributed by atoms with E-state index in [0.29, 0.717) is 0 Å². The first-order valence-electron chi connectivity index (χ1n) is 4.72. The zero-order chi connectivity index (χ0) is 9.26. The van der Waals surface area contributed by atoms with E-state index in [1.807, 2.05) is 6.07 Å². The third-order valence-electron chi connectivity index (χ3n) is 2.75. The minimum atomic E-state index is 0.730. The van der Waals surface area contributed by atoms with Gasteiger partial charge in [-0.1, -0.05) is 40.4 Å². The van der Waals surface area contributed by atoms with Crippen molar-refractivity contribution >= 4 is 27.5 Å². The summed E-state index contributed by atoms with van der Waals surface area (Å²) in [5, 5.41) is 0.852. The van der Waals surface area contributed by atoms with Gasteiger partial charge < -0.3 is 0 Å². The molecule has 0 nitrogen and oxygen atoms in total. The smallest absolute Gasteiger partial charge is 0.0409 e. The molecular formula is C11H12BrCl. The summed E-state index contributed by atoms with van der Waals surface area (Å²) < 4.78 is 1.21. The Labute approximate surface area is 92.4 Å². The molecule has 0 heterocycles. The summed E-state index contributed by atoms with van der Waals surface area (Å²) >= 11 is 9.56. The molecule has 70 valence electrons. The van der Waals surface area contributed by atoms with Gasteiger partial charge in [0.1, 0.15) is 0 Å². The van der Waals surface area contributed by atoms with Gasteiger partial charge >= 0.3 is 0 Å². The maximum Gasteiger partial charge on any atom is 0.0409 e. The molecule has 1 aromatic carbocycles. The molecule has 1 aromatic rings. The second-order valence-corrected chi connectivity index (χ2v) is 4.94. The Morgan fingerprint density at radius 1 is 1.23 bits per heavy atom. The van der Waals surface area contributed by atoms with Crippen LogP contribution in [0.15, 0.2) is 22.7 Å². The van der Waals surface area contributed by atoms with Gasteiger partial charge in [-0.3, -0.25) is 0 Å². The lowest BCUT2D eigenvalue weighted by atomic mass is 9.98. The lowest BCUT2D eigenvalue weighted by Gasteiger charge is -2.11. The summed E-state index contributed by atoms with van der Waals surface area (Å²) in [6.07, 6.45) is 5.37. The van der Waals surface area contributed by atoms with Crippen LogP contribution in [0.3, 0.4) is 0 Å². The summed E-state index contributed by atoms with van der Waals surface area (Å²) in [7, 11) is 0. The Bertz CT molecular complexity index is 303. The standard InChI is InChI=1S/C11H12BrCl/c12-11-6-5-9(13)7-10(11)8-3-1-2-4-8/h5-8H,1-4H2. The highest BCUT2D eigenvalue weighted by atomic mass is 79.9. The van der Waals surface area contributed by atoms with Gasteiger partial charge in [-0.25, -0.2) is 0 Å². The van der Waals surface area contributed by atoms with Crippen LogP contribution in [0.4, 0.5) is 0 Å². The number of rotatable bonds is 1. The highest BCUT2D eigenvalue weighted by molar-refractivity contribution is 9.10. The van der Waals surface area contributed by atoms with Crippen molar-refractivity contribution in [2.24, 2.45) is 0 Å². The molecule has 0 amide bonds. The molecule has 1 fully saturated rings. The van der Waals surface area contributed by atoms with Crippen molar-refractivity contribution in [1.29, 1.82) is 0 Å². The van der Waals surface area contributed by atoms with Crippen molar-refractivity contribution in [2.45, 2.75) is 31.6 Å². The molecule has 0 radical (unpaired) electrons. The van der Waals surface area contributed by atoms with Crippen molar-refractivity contribution in [3.05, 3.63) is 33.3 Å². The Balaban J connectivity index is 2.32. The first-order chi connectivity index (χ1) is 6.27. The quantitative estimate of drug-likeness (QED) is 0.682. The van der Waals surface area contributed by atoms with E-state index in [0.717, 1.165) is 10.9 Å². The van der Waals surface area contributed by atoms with Crippen LogP contribution >= 0.6 is 27.5 Å². The van der Waals surface area contributed by atoms with Gasteiger partial charge in [0, 0.05) is 9.50 Å². The third-order valence-corrected chi connectivity index (χ3v) is 3.71. The summed E-state index contributed by atoms with van der Waals surface area (Å²) in [5.41, 5.74) is 1.39. The fraction of sp³-hybridized carbons (Fsp3) is 0.455. The van der Waals surface area contributed by atoms with E-state index in [1.54, 1.807) is 0 Å². The van der Waals surface area contributed by atoms with Gasteiger partial charge in [0.25, 0.3) is 0 Å². The Morgan fingerprint density at radius 3 is 2.62 bits per heavy atom. The van der Waals surface area contributed by atoms with E-state index in [2.05, 4.69) is 28.1 Å². The van der Waals surface area contributed by atoms with E-state index < -0.39 is 0 Å². The number of hydrogen-bond donors (Lipinski definition) is 0. The predicted octanol–water partition coefficient (Wildman–Crippen LogP) is 4.76. The minimum Gasteiger partial charge on any atom is -0.0843 e. The van der Waals surface area contributed by atoms with Crippen molar-refractivity contribution < 1.29 is 0 Å². The van der Waals surface area contributed by atoms with E-state index in [-0.39, 0.29) is 0 Å². The Kier molecular flexibility index (Phi) is 2.95. The summed E-state index contributed by atoms with van der Waals surface area (Å²) in [6, 6.07) is 6.09. The SMILES string of the molecule is Clc1ccc(Br)c(C2CCCC2)c1. The number of hydrogen-bond acceptors (Lipinski definition) is 0. The zero-order valence-corrected chi connectivity index (χ0v) is 9.74. The van der Waals surface area contributed by atoms with Crippen LogP contribution in [0.25, 0.3) is 0 Å². The van der Waals surface area contributed by atoms with Crippen molar-refractivity contribution in [3.8, 4) is 0 Å². The largest absolute Gasteiger partial charge is 0.0843 e. The maximum atomic E-state index is 5.97. The lowest BCUT2D eigenvalue weighted by Crippen LogP contribution is -1.93. The van der Waals surface area contributed by atoms with Gasteiger partial charge in [-0.15, -0.1) is 0 Å². The highest BCUT2D eigenvalue weighted by Crippen LogP contribution is 2.38. The van der Waals surface area contributed by atoms with Crippen LogP contribution in [0.1, 0.15) is 37.2 Å². The maximum absolute atomic E-state index is 5.97. The fourth-order valence-corrected chi connectivity index (χ4v) is 2.82. The normalized spacial score (nSPS) is 18.0. The van der Waals surface area contributed by atoms with Crippen LogP contribution in [0.5, 0.6) is 0 Å². The molecule has 1 saturated carbocycles. The zero-order valence-electron chi connectivity index (χ0n) is 7.39. The highest BCUT2D eigenvalue weighted by Gasteiger charge is 2.19. The second kappa shape index (κ2) is 4.02. The Morgan fingerprint density at radius 2 is 1.92 bits per heavy atom. The molecule has 0 atom stereocenters. The molecular weight excluding hydrogens is 247 g/mol. The second-order valence-electron chi connectivity index (χ2n) is 3.65. The van der Waals surface area contributed by atoms with Crippen LogP contribution in [0, 0.1) is 0 Å². The molecule has 0 aromatic heterocycles. The van der Waals surface area contributed by atoms with E-state index in [4.69, 9.17) is 11.6 Å². The molecule has 1 aliphatic rings. The number of benzene rings is 1. The lowest BCUT2D eigenvalue weighted by molar-refractivity contribution is 0.720. The summed E-state index contributed by atoms with van der Waals surface area (Å²) in [4.78, 5) is 0. The number of halogens is 2. The monoisotopic (exact) mass is 258 g/mol. The van der Waals surface area contributed by atoms with Crippen LogP contribution in [-0.4, -0.2) is 0 Å². The minimum absolute atomic E-state index is 0.730. The van der Waals surface area contributed by atoms with Crippen LogP contribution in [-0.2, 0) is 0 Å². The summed E-state index contributed by atoms with van der Waals surface area (Å²) in [5.74, 6) is 0.730. The van der Waals surface area contributed by atoms with Gasteiger partial charge in [-0.2, -0.15) is 0 Å². The molecule has 13 heavy (non-hydrogen) atoms. The molecule has 1 aliphatic carbocycles. The van der Waals surface area contributed by atoms with Crippen molar-refractivity contribution in [3.63, 3.8) is 0 Å².